The zero-order chi connectivity index (χ0) is 17.3. The third-order valence-electron chi connectivity index (χ3n) is 3.34. The Kier molecular flexibility index (Phi) is 3.72. The summed E-state index contributed by atoms with van der Waals surface area (Å²) in [6.45, 7) is 0. The highest BCUT2D eigenvalue weighted by atomic mass is 19.1. The summed E-state index contributed by atoms with van der Waals surface area (Å²) in [6, 6.07) is 11.8. The lowest BCUT2D eigenvalue weighted by molar-refractivity contribution is 0.0993. The van der Waals surface area contributed by atoms with Gasteiger partial charge in [-0.3, -0.25) is 4.79 Å². The van der Waals surface area contributed by atoms with Crippen molar-refractivity contribution in [1.82, 2.24) is 4.98 Å². The summed E-state index contributed by atoms with van der Waals surface area (Å²) in [6.07, 6.45) is 0. The van der Waals surface area contributed by atoms with E-state index in [1.54, 1.807) is 0 Å². The van der Waals surface area contributed by atoms with Crippen LogP contribution in [0.3, 0.4) is 0 Å². The van der Waals surface area contributed by atoms with Crippen LogP contribution < -0.4 is 10.5 Å². The number of nitrogens with two attached hydrogens (primary N) is 1. The van der Waals surface area contributed by atoms with Gasteiger partial charge in [-0.25, -0.2) is 9.37 Å². The SMILES string of the molecule is N#Cc1nc(C(N)=O)c(O)c2ccc(Oc3ccc(F)cc3)cc12. The van der Waals surface area contributed by atoms with Crippen LogP contribution >= 0.6 is 0 Å². The summed E-state index contributed by atoms with van der Waals surface area (Å²) in [7, 11) is 0. The van der Waals surface area contributed by atoms with Crippen LogP contribution in [0.4, 0.5) is 4.39 Å². The molecule has 0 unspecified atom stereocenters. The van der Waals surface area contributed by atoms with Crippen molar-refractivity contribution in [2.75, 3.05) is 0 Å². The van der Waals surface area contributed by atoms with Crippen molar-refractivity contribution in [3.63, 3.8) is 0 Å². The Morgan fingerprint density at radius 3 is 2.46 bits per heavy atom. The van der Waals surface area contributed by atoms with Crippen molar-refractivity contribution in [1.29, 1.82) is 5.26 Å². The van der Waals surface area contributed by atoms with Crippen LogP contribution in [0.5, 0.6) is 17.2 Å². The lowest BCUT2D eigenvalue weighted by Gasteiger charge is -2.10. The number of aromatic nitrogens is 1. The first-order valence-corrected chi connectivity index (χ1v) is 6.79. The van der Waals surface area contributed by atoms with E-state index in [2.05, 4.69) is 4.98 Å². The minimum Gasteiger partial charge on any atom is -0.505 e. The molecule has 0 aliphatic heterocycles. The van der Waals surface area contributed by atoms with Crippen LogP contribution in [0.1, 0.15) is 16.2 Å². The molecule has 3 aromatic rings. The number of amides is 1. The molecule has 0 spiro atoms. The molecule has 3 rings (SSSR count). The number of carbonyl (C=O) groups is 1. The Bertz CT molecular complexity index is 995. The lowest BCUT2D eigenvalue weighted by atomic mass is 10.1. The molecule has 7 heteroatoms. The minimum atomic E-state index is -0.933. The van der Waals surface area contributed by atoms with Gasteiger partial charge in [0.1, 0.15) is 29.1 Å². The number of nitrogens with zero attached hydrogens (tertiary/aromatic N) is 2. The molecule has 0 saturated heterocycles. The zero-order valence-corrected chi connectivity index (χ0v) is 12.2. The van der Waals surface area contributed by atoms with Gasteiger partial charge in [0.15, 0.2) is 11.4 Å². The molecule has 2 aromatic carbocycles. The van der Waals surface area contributed by atoms with E-state index >= 15 is 0 Å². The number of fused-ring (bicyclic) bond motifs is 1. The van der Waals surface area contributed by atoms with E-state index in [9.17, 15) is 19.6 Å². The van der Waals surface area contributed by atoms with Crippen LogP contribution in [-0.2, 0) is 0 Å². The van der Waals surface area contributed by atoms with E-state index < -0.39 is 11.7 Å². The Hall–Kier alpha value is -3.66. The molecular weight excluding hydrogens is 313 g/mol. The average molecular weight is 323 g/mol. The number of ether oxygens (including phenoxy) is 1. The molecule has 3 N–H and O–H groups in total. The standard InChI is InChI=1S/C17H10FN3O3/c18-9-1-3-10(4-2-9)24-11-5-6-12-13(7-11)14(8-19)21-15(16(12)22)17(20)23/h1-7,22H,(H2,20,23). The molecule has 118 valence electrons. The molecule has 0 bridgehead atoms. The second-order valence-electron chi connectivity index (χ2n) is 4.90. The normalized spacial score (nSPS) is 10.3. The van der Waals surface area contributed by atoms with Gasteiger partial charge in [0.05, 0.1) is 0 Å². The van der Waals surface area contributed by atoms with Crippen molar-refractivity contribution in [2.45, 2.75) is 0 Å². The van der Waals surface area contributed by atoms with Crippen molar-refractivity contribution in [2.24, 2.45) is 5.73 Å². The number of hydrogen-bond donors (Lipinski definition) is 2. The highest BCUT2D eigenvalue weighted by Crippen LogP contribution is 2.33. The van der Waals surface area contributed by atoms with Gasteiger partial charge >= 0.3 is 0 Å². The fraction of sp³-hybridized carbons (Fsp3) is 0. The van der Waals surface area contributed by atoms with E-state index in [0.717, 1.165) is 0 Å². The second kappa shape index (κ2) is 5.85. The number of primary amides is 1. The fourth-order valence-corrected chi connectivity index (χ4v) is 2.24. The van der Waals surface area contributed by atoms with Crippen molar-refractivity contribution < 1.29 is 19.0 Å². The Balaban J connectivity index is 2.11. The predicted octanol–water partition coefficient (Wildman–Crippen LogP) is 2.84. The molecule has 1 aromatic heterocycles. The first-order valence-electron chi connectivity index (χ1n) is 6.79. The average Bonchev–Trinajstić information content (AvgIpc) is 2.57. The van der Waals surface area contributed by atoms with Crippen molar-refractivity contribution in [3.8, 4) is 23.3 Å². The fourth-order valence-electron chi connectivity index (χ4n) is 2.24. The summed E-state index contributed by atoms with van der Waals surface area (Å²) in [5.41, 5.74) is 4.71. The van der Waals surface area contributed by atoms with Gasteiger partial charge in [-0.15, -0.1) is 0 Å². The van der Waals surface area contributed by atoms with Crippen LogP contribution in [-0.4, -0.2) is 16.0 Å². The maximum Gasteiger partial charge on any atom is 0.271 e. The number of halogens is 1. The topological polar surface area (TPSA) is 109 Å². The molecule has 24 heavy (non-hydrogen) atoms. The molecule has 0 atom stereocenters. The van der Waals surface area contributed by atoms with Gasteiger partial charge < -0.3 is 15.6 Å². The van der Waals surface area contributed by atoms with Crippen molar-refractivity contribution >= 4 is 16.7 Å². The van der Waals surface area contributed by atoms with Crippen LogP contribution in [0.2, 0.25) is 0 Å². The maximum absolute atomic E-state index is 12.9. The van der Waals surface area contributed by atoms with Gasteiger partial charge in [-0.2, -0.15) is 5.26 Å². The first-order chi connectivity index (χ1) is 11.5. The highest BCUT2D eigenvalue weighted by Gasteiger charge is 2.17. The first kappa shape index (κ1) is 15.2. The second-order valence-corrected chi connectivity index (χ2v) is 4.90. The largest absolute Gasteiger partial charge is 0.505 e. The smallest absolute Gasteiger partial charge is 0.271 e. The molecular formula is C17H10FN3O3. The van der Waals surface area contributed by atoms with E-state index in [1.807, 2.05) is 6.07 Å². The third-order valence-corrected chi connectivity index (χ3v) is 3.34. The number of carbonyl (C=O) groups excluding carboxylic acids is 1. The number of aromatic hydroxyl groups is 1. The molecule has 0 fully saturated rings. The van der Waals surface area contributed by atoms with Gasteiger partial charge in [0, 0.05) is 10.8 Å². The zero-order valence-electron chi connectivity index (χ0n) is 12.2. The molecule has 0 radical (unpaired) electrons. The maximum atomic E-state index is 12.9. The number of hydrogen-bond acceptors (Lipinski definition) is 5. The van der Waals surface area contributed by atoms with E-state index in [0.29, 0.717) is 16.9 Å². The summed E-state index contributed by atoms with van der Waals surface area (Å²) in [5, 5.41) is 19.9. The highest BCUT2D eigenvalue weighted by molar-refractivity contribution is 6.02. The molecule has 6 nitrogen and oxygen atoms in total. The third kappa shape index (κ3) is 2.68. The summed E-state index contributed by atoms with van der Waals surface area (Å²) in [4.78, 5) is 15.1. The predicted molar refractivity (Wildman–Crippen MR) is 83.1 cm³/mol. The van der Waals surface area contributed by atoms with E-state index in [4.69, 9.17) is 10.5 Å². The van der Waals surface area contributed by atoms with E-state index in [1.165, 1.54) is 42.5 Å². The summed E-state index contributed by atoms with van der Waals surface area (Å²) in [5.74, 6) is -0.957. The summed E-state index contributed by atoms with van der Waals surface area (Å²) < 4.78 is 18.5. The Morgan fingerprint density at radius 1 is 1.17 bits per heavy atom. The van der Waals surface area contributed by atoms with Crippen LogP contribution in [0, 0.1) is 17.1 Å². The number of nitriles is 1. The molecule has 0 saturated carbocycles. The number of pyridine rings is 1. The Labute approximate surface area is 135 Å². The van der Waals surface area contributed by atoms with Crippen molar-refractivity contribution in [3.05, 3.63) is 59.7 Å². The van der Waals surface area contributed by atoms with Gasteiger partial charge in [0.25, 0.3) is 5.91 Å². The van der Waals surface area contributed by atoms with Crippen LogP contribution in [0.15, 0.2) is 42.5 Å². The molecule has 1 heterocycles. The minimum absolute atomic E-state index is 0.0684. The molecule has 0 aliphatic rings. The van der Waals surface area contributed by atoms with Gasteiger partial charge in [0.2, 0.25) is 0 Å². The Morgan fingerprint density at radius 2 is 1.83 bits per heavy atom. The number of benzene rings is 2. The van der Waals surface area contributed by atoms with Gasteiger partial charge in [-0.05, 0) is 42.5 Å². The monoisotopic (exact) mass is 323 g/mol. The quantitative estimate of drug-likeness (QED) is 0.770. The molecule has 1 amide bonds. The van der Waals surface area contributed by atoms with Crippen LogP contribution in [0.25, 0.3) is 10.8 Å². The van der Waals surface area contributed by atoms with Gasteiger partial charge in [-0.1, -0.05) is 0 Å². The van der Waals surface area contributed by atoms with E-state index in [-0.39, 0.29) is 22.6 Å². The lowest BCUT2D eigenvalue weighted by Crippen LogP contribution is -2.14. The molecule has 0 aliphatic carbocycles. The number of rotatable bonds is 3. The summed E-state index contributed by atoms with van der Waals surface area (Å²) >= 11 is 0.